The highest BCUT2D eigenvalue weighted by atomic mass is 32.2. The maximum absolute atomic E-state index is 12.7. The van der Waals surface area contributed by atoms with E-state index >= 15 is 0 Å². The number of rotatable bonds is 5. The molecule has 1 fully saturated rings. The zero-order chi connectivity index (χ0) is 20.1. The number of morpholine rings is 1. The Balaban J connectivity index is 1.64. The Morgan fingerprint density at radius 1 is 1.11 bits per heavy atom. The van der Waals surface area contributed by atoms with Crippen LogP contribution >= 0.6 is 0 Å². The Morgan fingerprint density at radius 3 is 2.57 bits per heavy atom. The zero-order valence-electron chi connectivity index (χ0n) is 16.1. The lowest BCUT2D eigenvalue weighted by Gasteiger charge is -2.26. The second-order valence-corrected chi connectivity index (χ2v) is 8.72. The van der Waals surface area contributed by atoms with Crippen molar-refractivity contribution in [3.8, 4) is 0 Å². The molecule has 0 aliphatic carbocycles. The van der Waals surface area contributed by atoms with Gasteiger partial charge in [-0.25, -0.2) is 13.2 Å². The molecule has 0 spiro atoms. The van der Waals surface area contributed by atoms with Gasteiger partial charge in [0.15, 0.2) is 0 Å². The standard InChI is InChI=1S/C20H25N3O4S/c1-15-6-7-17(16(2)12-15)14-21-20(24)22-18-4-3-5-19(13-18)28(25,26)23-8-10-27-11-9-23/h3-7,12-13H,8-11,14H2,1-2H3,(H2,21,22,24). The number of ether oxygens (including phenoxy) is 1. The van der Waals surface area contributed by atoms with Crippen LogP contribution in [0.15, 0.2) is 47.4 Å². The molecule has 1 aliphatic rings. The molecule has 1 heterocycles. The first kappa shape index (κ1) is 20.3. The van der Waals surface area contributed by atoms with Gasteiger partial charge in [0.1, 0.15) is 0 Å². The highest BCUT2D eigenvalue weighted by Gasteiger charge is 2.26. The summed E-state index contributed by atoms with van der Waals surface area (Å²) in [5.41, 5.74) is 3.74. The molecule has 0 saturated carbocycles. The third-order valence-electron chi connectivity index (χ3n) is 4.64. The molecule has 2 aromatic rings. The fourth-order valence-electron chi connectivity index (χ4n) is 3.07. The van der Waals surface area contributed by atoms with Crippen molar-refractivity contribution >= 4 is 21.7 Å². The van der Waals surface area contributed by atoms with Crippen LogP contribution in [0.3, 0.4) is 0 Å². The van der Waals surface area contributed by atoms with E-state index in [1.54, 1.807) is 12.1 Å². The van der Waals surface area contributed by atoms with E-state index in [0.717, 1.165) is 11.1 Å². The van der Waals surface area contributed by atoms with Crippen LogP contribution in [0, 0.1) is 13.8 Å². The Morgan fingerprint density at radius 2 is 1.86 bits per heavy atom. The summed E-state index contributed by atoms with van der Waals surface area (Å²) < 4.78 is 32.1. The number of urea groups is 1. The van der Waals surface area contributed by atoms with Gasteiger partial charge >= 0.3 is 6.03 Å². The fraction of sp³-hybridized carbons (Fsp3) is 0.350. The smallest absolute Gasteiger partial charge is 0.319 e. The van der Waals surface area contributed by atoms with Crippen LogP contribution in [0.2, 0.25) is 0 Å². The van der Waals surface area contributed by atoms with Gasteiger partial charge in [-0.15, -0.1) is 0 Å². The quantitative estimate of drug-likeness (QED) is 0.803. The molecule has 2 amide bonds. The number of amides is 2. The first-order chi connectivity index (χ1) is 13.4. The summed E-state index contributed by atoms with van der Waals surface area (Å²) in [5.74, 6) is 0. The summed E-state index contributed by atoms with van der Waals surface area (Å²) in [4.78, 5) is 12.4. The predicted octanol–water partition coefficient (Wildman–Crippen LogP) is 2.65. The zero-order valence-corrected chi connectivity index (χ0v) is 16.9. The topological polar surface area (TPSA) is 87.7 Å². The van der Waals surface area contributed by atoms with E-state index in [2.05, 4.69) is 16.7 Å². The molecule has 1 aliphatic heterocycles. The van der Waals surface area contributed by atoms with Crippen molar-refractivity contribution in [2.75, 3.05) is 31.6 Å². The first-order valence-corrected chi connectivity index (χ1v) is 10.6. The molecule has 150 valence electrons. The van der Waals surface area contributed by atoms with Gasteiger partial charge in [0.05, 0.1) is 18.1 Å². The maximum atomic E-state index is 12.7. The SMILES string of the molecule is Cc1ccc(CNC(=O)Nc2cccc(S(=O)(=O)N3CCOCC3)c2)c(C)c1. The summed E-state index contributed by atoms with van der Waals surface area (Å²) in [7, 11) is -3.60. The summed E-state index contributed by atoms with van der Waals surface area (Å²) in [5, 5.41) is 5.50. The number of sulfonamides is 1. The van der Waals surface area contributed by atoms with Gasteiger partial charge in [0.2, 0.25) is 10.0 Å². The number of hydrogen-bond donors (Lipinski definition) is 2. The summed E-state index contributed by atoms with van der Waals surface area (Å²) in [6, 6.07) is 11.9. The van der Waals surface area contributed by atoms with Crippen molar-refractivity contribution in [2.24, 2.45) is 0 Å². The molecule has 3 rings (SSSR count). The number of anilines is 1. The number of aryl methyl sites for hydroxylation is 2. The van der Waals surface area contributed by atoms with Crippen LogP contribution in [0.1, 0.15) is 16.7 Å². The van der Waals surface area contributed by atoms with E-state index in [-0.39, 0.29) is 10.9 Å². The molecule has 0 unspecified atom stereocenters. The number of nitrogens with one attached hydrogen (secondary N) is 2. The van der Waals surface area contributed by atoms with Crippen molar-refractivity contribution < 1.29 is 17.9 Å². The van der Waals surface area contributed by atoms with Crippen LogP contribution in [-0.2, 0) is 21.3 Å². The van der Waals surface area contributed by atoms with Crippen molar-refractivity contribution in [1.29, 1.82) is 0 Å². The van der Waals surface area contributed by atoms with Gasteiger partial charge in [0.25, 0.3) is 0 Å². The molecule has 8 heteroatoms. The number of hydrogen-bond acceptors (Lipinski definition) is 4. The van der Waals surface area contributed by atoms with E-state index in [0.29, 0.717) is 38.5 Å². The number of carbonyl (C=O) groups is 1. The second-order valence-electron chi connectivity index (χ2n) is 6.78. The average molecular weight is 404 g/mol. The third-order valence-corrected chi connectivity index (χ3v) is 6.53. The minimum atomic E-state index is -3.60. The van der Waals surface area contributed by atoms with Gasteiger partial charge < -0.3 is 15.4 Å². The molecular formula is C20H25N3O4S. The van der Waals surface area contributed by atoms with Crippen molar-refractivity contribution in [2.45, 2.75) is 25.3 Å². The highest BCUT2D eigenvalue weighted by Crippen LogP contribution is 2.20. The molecule has 0 radical (unpaired) electrons. The van der Waals surface area contributed by atoms with E-state index in [1.165, 1.54) is 22.0 Å². The van der Waals surface area contributed by atoms with Crippen LogP contribution in [0.4, 0.5) is 10.5 Å². The molecule has 2 N–H and O–H groups in total. The van der Waals surface area contributed by atoms with Gasteiger partial charge in [-0.1, -0.05) is 29.8 Å². The fourth-order valence-corrected chi connectivity index (χ4v) is 4.52. The Hall–Kier alpha value is -2.42. The van der Waals surface area contributed by atoms with Crippen molar-refractivity contribution in [1.82, 2.24) is 9.62 Å². The lowest BCUT2D eigenvalue weighted by molar-refractivity contribution is 0.0730. The Labute approximate surface area is 165 Å². The summed E-state index contributed by atoms with van der Waals surface area (Å²) >= 11 is 0. The average Bonchev–Trinajstić information content (AvgIpc) is 2.68. The minimum Gasteiger partial charge on any atom is -0.379 e. The third kappa shape index (κ3) is 4.89. The highest BCUT2D eigenvalue weighted by molar-refractivity contribution is 7.89. The van der Waals surface area contributed by atoms with Gasteiger partial charge in [-0.05, 0) is 43.2 Å². The van der Waals surface area contributed by atoms with Gasteiger partial charge in [0, 0.05) is 25.3 Å². The van der Waals surface area contributed by atoms with E-state index < -0.39 is 10.0 Å². The lowest BCUT2D eigenvalue weighted by Crippen LogP contribution is -2.40. The van der Waals surface area contributed by atoms with Crippen molar-refractivity contribution in [3.05, 3.63) is 59.2 Å². The van der Waals surface area contributed by atoms with Gasteiger partial charge in [-0.2, -0.15) is 4.31 Å². The Kier molecular flexibility index (Phi) is 6.33. The van der Waals surface area contributed by atoms with E-state index in [4.69, 9.17) is 4.74 Å². The second kappa shape index (κ2) is 8.72. The lowest BCUT2D eigenvalue weighted by atomic mass is 10.1. The predicted molar refractivity (Wildman–Crippen MR) is 108 cm³/mol. The van der Waals surface area contributed by atoms with E-state index in [1.807, 2.05) is 26.0 Å². The van der Waals surface area contributed by atoms with Crippen molar-refractivity contribution in [3.63, 3.8) is 0 Å². The molecule has 7 nitrogen and oxygen atoms in total. The Bertz CT molecular complexity index is 954. The monoisotopic (exact) mass is 403 g/mol. The molecule has 0 atom stereocenters. The van der Waals surface area contributed by atoms with Crippen LogP contribution < -0.4 is 10.6 Å². The molecule has 28 heavy (non-hydrogen) atoms. The van der Waals surface area contributed by atoms with Crippen LogP contribution in [0.5, 0.6) is 0 Å². The van der Waals surface area contributed by atoms with E-state index in [9.17, 15) is 13.2 Å². The molecule has 2 aromatic carbocycles. The van der Waals surface area contributed by atoms with Gasteiger partial charge in [-0.3, -0.25) is 0 Å². The minimum absolute atomic E-state index is 0.154. The number of benzene rings is 2. The molecule has 1 saturated heterocycles. The maximum Gasteiger partial charge on any atom is 0.319 e. The molecule has 0 aromatic heterocycles. The number of carbonyl (C=O) groups excluding carboxylic acids is 1. The van der Waals surface area contributed by atoms with Crippen LogP contribution in [-0.4, -0.2) is 45.1 Å². The van der Waals surface area contributed by atoms with Crippen LogP contribution in [0.25, 0.3) is 0 Å². The number of nitrogens with zero attached hydrogens (tertiary/aromatic N) is 1. The largest absolute Gasteiger partial charge is 0.379 e. The molecule has 0 bridgehead atoms. The summed E-state index contributed by atoms with van der Waals surface area (Å²) in [6.45, 7) is 5.85. The molecular weight excluding hydrogens is 378 g/mol. The summed E-state index contributed by atoms with van der Waals surface area (Å²) in [6.07, 6.45) is 0. The first-order valence-electron chi connectivity index (χ1n) is 9.15. The normalized spacial score (nSPS) is 15.2.